The average Bonchev–Trinajstić information content (AvgIpc) is 2.55. The quantitative estimate of drug-likeness (QED) is 0.716. The van der Waals surface area contributed by atoms with Crippen molar-refractivity contribution >= 4 is 11.3 Å². The maximum atomic E-state index is 5.62. The van der Waals surface area contributed by atoms with Crippen molar-refractivity contribution in [3.63, 3.8) is 0 Å². The van der Waals surface area contributed by atoms with E-state index >= 15 is 0 Å². The van der Waals surface area contributed by atoms with Gasteiger partial charge in [0.25, 0.3) is 0 Å². The lowest BCUT2D eigenvalue weighted by Gasteiger charge is -2.06. The summed E-state index contributed by atoms with van der Waals surface area (Å²) in [5.74, 6) is 0.733. The molecule has 0 saturated heterocycles. The van der Waals surface area contributed by atoms with Crippen molar-refractivity contribution < 1.29 is 0 Å². The van der Waals surface area contributed by atoms with E-state index in [0.29, 0.717) is 5.41 Å². The highest BCUT2D eigenvalue weighted by molar-refractivity contribution is 7.08. The Morgan fingerprint density at radius 3 is 3.09 bits per heavy atom. The van der Waals surface area contributed by atoms with Crippen LogP contribution in [0.2, 0.25) is 0 Å². The molecule has 0 spiro atoms. The van der Waals surface area contributed by atoms with Crippen LogP contribution in [-0.2, 0) is 5.41 Å². The fraction of sp³-hybridized carbons (Fsp3) is 0.556. The second-order valence-corrected chi connectivity index (χ2v) is 4.35. The van der Waals surface area contributed by atoms with E-state index in [1.54, 1.807) is 11.3 Å². The van der Waals surface area contributed by atoms with Crippen molar-refractivity contribution in [1.29, 1.82) is 0 Å². The molecular formula is C9H13NS. The molecule has 2 N–H and O–H groups in total. The largest absolute Gasteiger partial charge is 0.330 e. The van der Waals surface area contributed by atoms with Crippen molar-refractivity contribution in [2.75, 3.05) is 6.54 Å². The van der Waals surface area contributed by atoms with Gasteiger partial charge in [0.1, 0.15) is 0 Å². The second kappa shape index (κ2) is 2.32. The van der Waals surface area contributed by atoms with Gasteiger partial charge in [-0.15, -0.1) is 0 Å². The SMILES string of the molecule is CC1(c2ccsc2)CC1CN. The number of hydrogen-bond acceptors (Lipinski definition) is 2. The zero-order valence-electron chi connectivity index (χ0n) is 6.71. The Morgan fingerprint density at radius 2 is 2.64 bits per heavy atom. The van der Waals surface area contributed by atoms with Crippen LogP contribution in [0.3, 0.4) is 0 Å². The van der Waals surface area contributed by atoms with Crippen molar-refractivity contribution in [3.05, 3.63) is 22.4 Å². The Bertz CT molecular complexity index is 242. The third-order valence-electron chi connectivity index (χ3n) is 2.88. The van der Waals surface area contributed by atoms with Crippen molar-refractivity contribution in [2.45, 2.75) is 18.8 Å². The van der Waals surface area contributed by atoms with E-state index in [2.05, 4.69) is 23.8 Å². The highest BCUT2D eigenvalue weighted by Crippen LogP contribution is 2.53. The first-order valence-corrected chi connectivity index (χ1v) is 4.94. The van der Waals surface area contributed by atoms with Crippen LogP contribution < -0.4 is 5.73 Å². The van der Waals surface area contributed by atoms with E-state index in [1.165, 1.54) is 12.0 Å². The summed E-state index contributed by atoms with van der Waals surface area (Å²) in [6.45, 7) is 3.15. The Kier molecular flexibility index (Phi) is 1.55. The molecule has 2 heteroatoms. The Morgan fingerprint density at radius 1 is 1.82 bits per heavy atom. The smallest absolute Gasteiger partial charge is 0.00231 e. The minimum absolute atomic E-state index is 0.425. The molecule has 0 amide bonds. The fourth-order valence-electron chi connectivity index (χ4n) is 1.74. The van der Waals surface area contributed by atoms with Crippen LogP contribution in [0.5, 0.6) is 0 Å². The molecule has 60 valence electrons. The molecule has 1 aliphatic carbocycles. The maximum absolute atomic E-state index is 5.62. The molecule has 2 unspecified atom stereocenters. The molecule has 0 aliphatic heterocycles. The summed E-state index contributed by atoms with van der Waals surface area (Å²) in [4.78, 5) is 0. The lowest BCUT2D eigenvalue weighted by Crippen LogP contribution is -2.10. The molecule has 2 rings (SSSR count). The van der Waals surface area contributed by atoms with Gasteiger partial charge in [-0.3, -0.25) is 0 Å². The van der Waals surface area contributed by atoms with Gasteiger partial charge in [0.15, 0.2) is 0 Å². The van der Waals surface area contributed by atoms with Gasteiger partial charge in [0, 0.05) is 0 Å². The topological polar surface area (TPSA) is 26.0 Å². The van der Waals surface area contributed by atoms with Gasteiger partial charge in [-0.2, -0.15) is 11.3 Å². The van der Waals surface area contributed by atoms with E-state index < -0.39 is 0 Å². The summed E-state index contributed by atoms with van der Waals surface area (Å²) >= 11 is 1.78. The molecule has 1 aromatic rings. The van der Waals surface area contributed by atoms with Crippen LogP contribution in [-0.4, -0.2) is 6.54 Å². The second-order valence-electron chi connectivity index (χ2n) is 3.57. The summed E-state index contributed by atoms with van der Waals surface area (Å²) in [5, 5.41) is 4.39. The van der Waals surface area contributed by atoms with E-state index in [1.807, 2.05) is 0 Å². The molecule has 1 saturated carbocycles. The first kappa shape index (κ1) is 7.32. The lowest BCUT2D eigenvalue weighted by molar-refractivity contribution is 0.668. The van der Waals surface area contributed by atoms with Gasteiger partial charge in [-0.25, -0.2) is 0 Å². The van der Waals surface area contributed by atoms with Gasteiger partial charge in [0.2, 0.25) is 0 Å². The van der Waals surface area contributed by atoms with Crippen LogP contribution in [0.1, 0.15) is 18.9 Å². The molecule has 0 bridgehead atoms. The molecule has 1 heterocycles. The fourth-order valence-corrected chi connectivity index (χ4v) is 2.54. The lowest BCUT2D eigenvalue weighted by atomic mass is 9.99. The minimum atomic E-state index is 0.425. The van der Waals surface area contributed by atoms with E-state index in [-0.39, 0.29) is 0 Å². The number of nitrogens with two attached hydrogens (primary N) is 1. The number of hydrogen-bond donors (Lipinski definition) is 1. The van der Waals surface area contributed by atoms with Gasteiger partial charge >= 0.3 is 0 Å². The normalized spacial score (nSPS) is 35.6. The third kappa shape index (κ3) is 1.01. The van der Waals surface area contributed by atoms with Gasteiger partial charge in [-0.1, -0.05) is 6.92 Å². The highest BCUT2D eigenvalue weighted by atomic mass is 32.1. The summed E-state index contributed by atoms with van der Waals surface area (Å²) < 4.78 is 0. The Hall–Kier alpha value is -0.340. The summed E-state index contributed by atoms with van der Waals surface area (Å²) in [5.41, 5.74) is 7.53. The third-order valence-corrected chi connectivity index (χ3v) is 3.56. The Balaban J connectivity index is 2.19. The predicted octanol–water partition coefficient (Wildman–Crippen LogP) is 1.98. The first-order chi connectivity index (χ1) is 5.27. The first-order valence-electron chi connectivity index (χ1n) is 4.00. The highest BCUT2D eigenvalue weighted by Gasteiger charge is 2.50. The summed E-state index contributed by atoms with van der Waals surface area (Å²) in [6, 6.07) is 2.22. The van der Waals surface area contributed by atoms with Gasteiger partial charge in [-0.05, 0) is 46.7 Å². The van der Waals surface area contributed by atoms with Gasteiger partial charge < -0.3 is 5.73 Å². The van der Waals surface area contributed by atoms with Crippen molar-refractivity contribution in [1.82, 2.24) is 0 Å². The summed E-state index contributed by atoms with van der Waals surface area (Å²) in [7, 11) is 0. The van der Waals surface area contributed by atoms with Crippen LogP contribution in [0.4, 0.5) is 0 Å². The monoisotopic (exact) mass is 167 g/mol. The standard InChI is InChI=1S/C9H13NS/c1-9(4-8(9)5-10)7-2-3-11-6-7/h2-3,6,8H,4-5,10H2,1H3. The zero-order chi connectivity index (χ0) is 7.90. The molecule has 1 fully saturated rings. The number of rotatable bonds is 2. The van der Waals surface area contributed by atoms with E-state index in [0.717, 1.165) is 12.5 Å². The minimum Gasteiger partial charge on any atom is -0.330 e. The molecule has 2 atom stereocenters. The zero-order valence-corrected chi connectivity index (χ0v) is 7.53. The molecule has 1 aromatic heterocycles. The number of thiophene rings is 1. The van der Waals surface area contributed by atoms with Crippen LogP contribution in [0.15, 0.2) is 16.8 Å². The van der Waals surface area contributed by atoms with Gasteiger partial charge in [0.05, 0.1) is 0 Å². The van der Waals surface area contributed by atoms with Crippen LogP contribution in [0, 0.1) is 5.92 Å². The van der Waals surface area contributed by atoms with E-state index in [4.69, 9.17) is 5.73 Å². The van der Waals surface area contributed by atoms with Crippen molar-refractivity contribution in [2.24, 2.45) is 11.7 Å². The molecular weight excluding hydrogens is 154 g/mol. The molecule has 0 radical (unpaired) electrons. The van der Waals surface area contributed by atoms with Crippen LogP contribution in [0.25, 0.3) is 0 Å². The van der Waals surface area contributed by atoms with Crippen LogP contribution >= 0.6 is 11.3 Å². The maximum Gasteiger partial charge on any atom is -0.00231 e. The molecule has 11 heavy (non-hydrogen) atoms. The molecule has 1 nitrogen and oxygen atoms in total. The predicted molar refractivity (Wildman–Crippen MR) is 48.8 cm³/mol. The molecule has 0 aromatic carbocycles. The Labute approximate surface area is 71.2 Å². The van der Waals surface area contributed by atoms with Crippen molar-refractivity contribution in [3.8, 4) is 0 Å². The average molecular weight is 167 g/mol. The summed E-state index contributed by atoms with van der Waals surface area (Å²) in [6.07, 6.45) is 1.28. The molecule has 1 aliphatic rings. The van der Waals surface area contributed by atoms with E-state index in [9.17, 15) is 0 Å².